The molecule has 0 spiro atoms. The summed E-state index contributed by atoms with van der Waals surface area (Å²) in [4.78, 5) is 5.40. The highest BCUT2D eigenvalue weighted by Crippen LogP contribution is 2.27. The third-order valence-electron chi connectivity index (χ3n) is 2.46. The fourth-order valence-corrected chi connectivity index (χ4v) is 2.58. The summed E-state index contributed by atoms with van der Waals surface area (Å²) in [5, 5.41) is 11.1. The Labute approximate surface area is 102 Å². The Bertz CT molecular complexity index is 642. The van der Waals surface area contributed by atoms with E-state index in [-0.39, 0.29) is 0 Å². The van der Waals surface area contributed by atoms with Crippen LogP contribution in [-0.2, 0) is 12.8 Å². The molecule has 0 saturated carbocycles. The molecular weight excluding hydrogens is 234 g/mol. The first kappa shape index (κ1) is 10.3. The van der Waals surface area contributed by atoms with Gasteiger partial charge in [-0.15, -0.1) is 11.8 Å². The largest absolute Gasteiger partial charge is 0.276 e. The number of aromatic amines is 1. The maximum atomic E-state index is 4.24. The Morgan fingerprint density at radius 1 is 1.41 bits per heavy atom. The van der Waals surface area contributed by atoms with Crippen LogP contribution >= 0.6 is 11.8 Å². The second-order valence-corrected chi connectivity index (χ2v) is 4.77. The molecule has 86 valence electrons. The maximum Gasteiger partial charge on any atom is 0.109 e. The van der Waals surface area contributed by atoms with Crippen LogP contribution in [0.1, 0.15) is 5.56 Å². The molecule has 3 aromatic heterocycles. The first-order valence-electron chi connectivity index (χ1n) is 5.21. The Hall–Kier alpha value is -1.82. The summed E-state index contributed by atoms with van der Waals surface area (Å²) in [6, 6.07) is 2.00. The lowest BCUT2D eigenvalue weighted by Gasteiger charge is -2.00. The van der Waals surface area contributed by atoms with Crippen molar-refractivity contribution in [3.63, 3.8) is 0 Å². The van der Waals surface area contributed by atoms with Crippen molar-refractivity contribution in [2.24, 2.45) is 7.05 Å². The van der Waals surface area contributed by atoms with E-state index >= 15 is 0 Å². The van der Waals surface area contributed by atoms with Crippen LogP contribution in [0.3, 0.4) is 0 Å². The lowest BCUT2D eigenvalue weighted by molar-refractivity contribution is 0.767. The number of nitrogens with zero attached hydrogens (tertiary/aromatic N) is 4. The molecule has 0 fully saturated rings. The minimum atomic E-state index is 0.895. The van der Waals surface area contributed by atoms with E-state index in [4.69, 9.17) is 0 Å². The number of H-pyrrole nitrogens is 1. The van der Waals surface area contributed by atoms with Gasteiger partial charge in [-0.25, -0.2) is 0 Å². The topological polar surface area (TPSA) is 59.4 Å². The number of hydrogen-bond acceptors (Lipinski definition) is 4. The molecule has 1 N–H and O–H groups in total. The van der Waals surface area contributed by atoms with E-state index < -0.39 is 0 Å². The van der Waals surface area contributed by atoms with Gasteiger partial charge < -0.3 is 0 Å². The Morgan fingerprint density at radius 2 is 2.35 bits per heavy atom. The molecule has 0 amide bonds. The van der Waals surface area contributed by atoms with E-state index in [1.54, 1.807) is 18.0 Å². The fraction of sp³-hybridized carbons (Fsp3) is 0.182. The van der Waals surface area contributed by atoms with Crippen LogP contribution in [0.25, 0.3) is 11.0 Å². The van der Waals surface area contributed by atoms with E-state index in [9.17, 15) is 0 Å². The van der Waals surface area contributed by atoms with Gasteiger partial charge in [0.05, 0.1) is 17.9 Å². The molecule has 0 atom stereocenters. The summed E-state index contributed by atoms with van der Waals surface area (Å²) in [5.41, 5.74) is 3.12. The standard InChI is InChI=1S/C11H11N5S/c1-16-6-8(4-14-16)7-17-10-2-3-12-9-5-13-15-11(9)10/h2-6H,7H2,1H3,(H,13,15). The highest BCUT2D eigenvalue weighted by Gasteiger charge is 2.05. The number of rotatable bonds is 3. The van der Waals surface area contributed by atoms with E-state index in [1.807, 2.05) is 36.4 Å². The van der Waals surface area contributed by atoms with Gasteiger partial charge in [0.1, 0.15) is 5.52 Å². The van der Waals surface area contributed by atoms with Gasteiger partial charge in [-0.05, 0) is 6.07 Å². The van der Waals surface area contributed by atoms with Crippen LogP contribution in [0.4, 0.5) is 0 Å². The number of aryl methyl sites for hydroxylation is 1. The number of fused-ring (bicyclic) bond motifs is 1. The van der Waals surface area contributed by atoms with Crippen LogP contribution in [0.5, 0.6) is 0 Å². The van der Waals surface area contributed by atoms with Gasteiger partial charge in [-0.2, -0.15) is 10.2 Å². The fourth-order valence-electron chi connectivity index (χ4n) is 1.66. The summed E-state index contributed by atoms with van der Waals surface area (Å²) < 4.78 is 1.81. The van der Waals surface area contributed by atoms with Crippen molar-refractivity contribution in [2.75, 3.05) is 0 Å². The Morgan fingerprint density at radius 3 is 3.18 bits per heavy atom. The van der Waals surface area contributed by atoms with Gasteiger partial charge in [0.15, 0.2) is 0 Å². The van der Waals surface area contributed by atoms with Crippen molar-refractivity contribution in [3.05, 3.63) is 36.4 Å². The SMILES string of the molecule is Cn1cc(CSc2ccnc3cn[nH]c23)cn1. The molecule has 0 aliphatic rings. The molecule has 6 heteroatoms. The normalized spacial score (nSPS) is 11.1. The second-order valence-electron chi connectivity index (χ2n) is 3.75. The predicted octanol–water partition coefficient (Wildman–Crippen LogP) is 1.98. The molecule has 3 rings (SSSR count). The first-order chi connectivity index (χ1) is 8.33. The van der Waals surface area contributed by atoms with Gasteiger partial charge in [0.2, 0.25) is 0 Å². The van der Waals surface area contributed by atoms with Crippen molar-refractivity contribution in [2.45, 2.75) is 10.6 Å². The molecule has 5 nitrogen and oxygen atoms in total. The van der Waals surface area contributed by atoms with E-state index in [2.05, 4.69) is 20.3 Å². The number of aromatic nitrogens is 5. The second kappa shape index (κ2) is 4.21. The molecule has 17 heavy (non-hydrogen) atoms. The van der Waals surface area contributed by atoms with Gasteiger partial charge in [-0.1, -0.05) is 0 Å². The average Bonchev–Trinajstić information content (AvgIpc) is 2.94. The highest BCUT2D eigenvalue weighted by molar-refractivity contribution is 7.98. The van der Waals surface area contributed by atoms with Crippen molar-refractivity contribution in [1.82, 2.24) is 25.0 Å². The zero-order valence-electron chi connectivity index (χ0n) is 9.29. The molecule has 0 unspecified atom stereocenters. The van der Waals surface area contributed by atoms with E-state index in [0.717, 1.165) is 21.7 Å². The lowest BCUT2D eigenvalue weighted by atomic mass is 10.4. The van der Waals surface area contributed by atoms with Crippen molar-refractivity contribution in [1.29, 1.82) is 0 Å². The summed E-state index contributed by atoms with van der Waals surface area (Å²) in [7, 11) is 1.92. The van der Waals surface area contributed by atoms with Crippen LogP contribution in [-0.4, -0.2) is 25.0 Å². The molecule has 3 aromatic rings. The monoisotopic (exact) mass is 245 g/mol. The first-order valence-corrected chi connectivity index (χ1v) is 6.20. The smallest absolute Gasteiger partial charge is 0.109 e. The quantitative estimate of drug-likeness (QED) is 0.717. The summed E-state index contributed by atoms with van der Waals surface area (Å²) >= 11 is 1.76. The van der Waals surface area contributed by atoms with Crippen LogP contribution in [0.15, 0.2) is 35.7 Å². The molecule has 0 radical (unpaired) electrons. The zero-order valence-corrected chi connectivity index (χ0v) is 10.1. The van der Waals surface area contributed by atoms with Crippen LogP contribution in [0, 0.1) is 0 Å². The summed E-state index contributed by atoms with van der Waals surface area (Å²) in [6.07, 6.45) is 7.46. The van der Waals surface area contributed by atoms with Gasteiger partial charge in [0, 0.05) is 35.7 Å². The molecule has 0 aromatic carbocycles. The Kier molecular flexibility index (Phi) is 2.56. The number of hydrogen-bond donors (Lipinski definition) is 1. The maximum absolute atomic E-state index is 4.24. The number of nitrogens with one attached hydrogen (secondary N) is 1. The minimum Gasteiger partial charge on any atom is -0.276 e. The Balaban J connectivity index is 1.83. The highest BCUT2D eigenvalue weighted by atomic mass is 32.2. The van der Waals surface area contributed by atoms with Crippen LogP contribution < -0.4 is 0 Å². The number of thioether (sulfide) groups is 1. The number of pyridine rings is 1. The van der Waals surface area contributed by atoms with Crippen LogP contribution in [0.2, 0.25) is 0 Å². The van der Waals surface area contributed by atoms with E-state index in [0.29, 0.717) is 0 Å². The summed E-state index contributed by atoms with van der Waals surface area (Å²) in [5.74, 6) is 0.895. The molecule has 0 saturated heterocycles. The van der Waals surface area contributed by atoms with Crippen molar-refractivity contribution >= 4 is 22.8 Å². The lowest BCUT2D eigenvalue weighted by Crippen LogP contribution is -1.84. The van der Waals surface area contributed by atoms with Crippen molar-refractivity contribution < 1.29 is 0 Å². The van der Waals surface area contributed by atoms with Gasteiger partial charge in [-0.3, -0.25) is 14.8 Å². The third-order valence-corrected chi connectivity index (χ3v) is 3.59. The molecule has 0 aliphatic carbocycles. The third kappa shape index (κ3) is 2.03. The molecular formula is C11H11N5S. The zero-order chi connectivity index (χ0) is 11.7. The summed E-state index contributed by atoms with van der Waals surface area (Å²) in [6.45, 7) is 0. The van der Waals surface area contributed by atoms with Crippen molar-refractivity contribution in [3.8, 4) is 0 Å². The molecule has 0 bridgehead atoms. The van der Waals surface area contributed by atoms with Gasteiger partial charge in [0.25, 0.3) is 0 Å². The molecule has 3 heterocycles. The van der Waals surface area contributed by atoms with E-state index in [1.165, 1.54) is 5.56 Å². The predicted molar refractivity (Wildman–Crippen MR) is 66.7 cm³/mol. The average molecular weight is 245 g/mol. The minimum absolute atomic E-state index is 0.895. The van der Waals surface area contributed by atoms with Gasteiger partial charge >= 0.3 is 0 Å². The molecule has 0 aliphatic heterocycles.